The fraction of sp³-hybridized carbons (Fsp3) is 0.286. The van der Waals surface area contributed by atoms with E-state index in [4.69, 9.17) is 11.6 Å². The average Bonchev–Trinajstić information content (AvgIpc) is 2.55. The Kier molecular flexibility index (Phi) is 4.48. The van der Waals surface area contributed by atoms with E-state index < -0.39 is 26.2 Å². The predicted molar refractivity (Wildman–Crippen MR) is 90.1 cm³/mol. The van der Waals surface area contributed by atoms with Crippen LogP contribution in [0.5, 0.6) is 0 Å². The van der Waals surface area contributed by atoms with E-state index in [1.807, 2.05) is 28.1 Å². The fourth-order valence-electron chi connectivity index (χ4n) is 2.61. The average molecular weight is 371 g/mol. The Balaban J connectivity index is 1.80. The Morgan fingerprint density at radius 3 is 2.33 bits per heavy atom. The number of benzene rings is 1. The Morgan fingerprint density at radius 1 is 1.04 bits per heavy atom. The number of rotatable bonds is 3. The SMILES string of the molecule is O=c1[nH]cc(S(=O)(=O)N2CCN(c3ccccc3Cl)CC2)c(=O)[nH]1. The number of anilines is 1. The van der Waals surface area contributed by atoms with Crippen LogP contribution < -0.4 is 16.1 Å². The molecule has 2 N–H and O–H groups in total. The molecule has 8 nitrogen and oxygen atoms in total. The summed E-state index contributed by atoms with van der Waals surface area (Å²) in [7, 11) is -3.97. The van der Waals surface area contributed by atoms with Gasteiger partial charge in [-0.05, 0) is 12.1 Å². The first-order valence-corrected chi connectivity index (χ1v) is 9.03. The zero-order valence-corrected chi connectivity index (χ0v) is 14.1. The molecule has 1 aliphatic heterocycles. The second-order valence-corrected chi connectivity index (χ2v) is 7.59. The summed E-state index contributed by atoms with van der Waals surface area (Å²) >= 11 is 6.16. The van der Waals surface area contributed by atoms with E-state index >= 15 is 0 Å². The monoisotopic (exact) mass is 370 g/mol. The summed E-state index contributed by atoms with van der Waals surface area (Å²) < 4.78 is 26.4. The van der Waals surface area contributed by atoms with Gasteiger partial charge in [-0.3, -0.25) is 9.78 Å². The highest BCUT2D eigenvalue weighted by molar-refractivity contribution is 7.89. The third kappa shape index (κ3) is 3.10. The standard InChI is InChI=1S/C14H15ClN4O4S/c15-10-3-1-2-4-11(10)18-5-7-19(8-6-18)24(22,23)12-9-16-14(21)17-13(12)20/h1-4,9H,5-8H2,(H2,16,17,20,21). The Hall–Kier alpha value is -2.10. The molecule has 0 unspecified atom stereocenters. The van der Waals surface area contributed by atoms with Crippen molar-refractivity contribution in [3.8, 4) is 0 Å². The minimum atomic E-state index is -3.97. The molecule has 0 spiro atoms. The van der Waals surface area contributed by atoms with Gasteiger partial charge < -0.3 is 9.88 Å². The zero-order chi connectivity index (χ0) is 17.3. The van der Waals surface area contributed by atoms with Crippen molar-refractivity contribution in [2.75, 3.05) is 31.1 Å². The first-order valence-electron chi connectivity index (χ1n) is 7.21. The second kappa shape index (κ2) is 6.42. The molecule has 2 heterocycles. The summed E-state index contributed by atoms with van der Waals surface area (Å²) in [5.41, 5.74) is -0.826. The summed E-state index contributed by atoms with van der Waals surface area (Å²) in [6.45, 7) is 1.33. The fourth-order valence-corrected chi connectivity index (χ4v) is 4.28. The molecule has 0 saturated carbocycles. The van der Waals surface area contributed by atoms with E-state index in [-0.39, 0.29) is 13.1 Å². The first kappa shape index (κ1) is 16.7. The number of para-hydroxylation sites is 1. The number of sulfonamides is 1. The number of H-pyrrole nitrogens is 2. The van der Waals surface area contributed by atoms with E-state index in [1.54, 1.807) is 6.07 Å². The molecule has 0 bridgehead atoms. The lowest BCUT2D eigenvalue weighted by molar-refractivity contribution is 0.384. The number of hydrogen-bond donors (Lipinski definition) is 2. The van der Waals surface area contributed by atoms with Gasteiger partial charge in [-0.15, -0.1) is 0 Å². The highest BCUT2D eigenvalue weighted by atomic mass is 35.5. The van der Waals surface area contributed by atoms with Crippen molar-refractivity contribution in [3.05, 3.63) is 56.3 Å². The van der Waals surface area contributed by atoms with Crippen LogP contribution in [0.3, 0.4) is 0 Å². The maximum atomic E-state index is 12.6. The number of halogens is 1. The van der Waals surface area contributed by atoms with E-state index in [2.05, 4.69) is 4.98 Å². The van der Waals surface area contributed by atoms with Crippen LogP contribution in [0.1, 0.15) is 0 Å². The van der Waals surface area contributed by atoms with Gasteiger partial charge in [0.25, 0.3) is 5.56 Å². The van der Waals surface area contributed by atoms with Gasteiger partial charge in [-0.2, -0.15) is 4.31 Å². The maximum Gasteiger partial charge on any atom is 0.325 e. The lowest BCUT2D eigenvalue weighted by atomic mass is 10.2. The highest BCUT2D eigenvalue weighted by Gasteiger charge is 2.31. The van der Waals surface area contributed by atoms with Gasteiger partial charge in [0, 0.05) is 32.4 Å². The highest BCUT2D eigenvalue weighted by Crippen LogP contribution is 2.26. The molecule has 1 aliphatic rings. The number of aromatic amines is 2. The van der Waals surface area contributed by atoms with Crippen molar-refractivity contribution in [1.29, 1.82) is 0 Å². The molecule has 0 amide bonds. The van der Waals surface area contributed by atoms with Crippen LogP contribution in [-0.4, -0.2) is 48.9 Å². The molecule has 0 radical (unpaired) electrons. The third-order valence-electron chi connectivity index (χ3n) is 3.83. The summed E-state index contributed by atoms with van der Waals surface area (Å²) in [6, 6.07) is 7.35. The second-order valence-electron chi connectivity index (χ2n) is 5.28. The van der Waals surface area contributed by atoms with Gasteiger partial charge in [0.1, 0.15) is 0 Å². The van der Waals surface area contributed by atoms with Crippen LogP contribution in [0.25, 0.3) is 0 Å². The summed E-state index contributed by atoms with van der Waals surface area (Å²) in [6.07, 6.45) is 0.928. The number of piperazine rings is 1. The zero-order valence-electron chi connectivity index (χ0n) is 12.5. The lowest BCUT2D eigenvalue weighted by Gasteiger charge is -2.35. The van der Waals surface area contributed by atoms with Gasteiger partial charge in [0.2, 0.25) is 10.0 Å². The van der Waals surface area contributed by atoms with E-state index in [0.717, 1.165) is 11.9 Å². The molecule has 0 aliphatic carbocycles. The molecule has 1 aromatic carbocycles. The number of nitrogens with zero attached hydrogens (tertiary/aromatic N) is 2. The van der Waals surface area contributed by atoms with Gasteiger partial charge in [0.15, 0.2) is 4.90 Å². The van der Waals surface area contributed by atoms with Crippen LogP contribution >= 0.6 is 11.6 Å². The summed E-state index contributed by atoms with van der Waals surface area (Å²) in [5.74, 6) is 0. The molecule has 24 heavy (non-hydrogen) atoms. The Bertz CT molecular complexity index is 961. The number of aromatic nitrogens is 2. The van der Waals surface area contributed by atoms with Gasteiger partial charge in [-0.1, -0.05) is 23.7 Å². The van der Waals surface area contributed by atoms with E-state index in [1.165, 1.54) is 4.31 Å². The number of nitrogens with one attached hydrogen (secondary N) is 2. The molecule has 10 heteroatoms. The predicted octanol–water partition coefficient (Wildman–Crippen LogP) is 0.228. The molecule has 1 aromatic heterocycles. The minimum absolute atomic E-state index is 0.214. The van der Waals surface area contributed by atoms with Gasteiger partial charge in [0.05, 0.1) is 10.7 Å². The smallest absolute Gasteiger partial charge is 0.325 e. The summed E-state index contributed by atoms with van der Waals surface area (Å²) in [4.78, 5) is 28.4. The van der Waals surface area contributed by atoms with Crippen LogP contribution in [-0.2, 0) is 10.0 Å². The summed E-state index contributed by atoms with van der Waals surface area (Å²) in [5, 5.41) is 0.603. The molecule has 1 fully saturated rings. The quantitative estimate of drug-likeness (QED) is 0.804. The van der Waals surface area contributed by atoms with Crippen molar-refractivity contribution >= 4 is 27.3 Å². The van der Waals surface area contributed by atoms with Crippen molar-refractivity contribution in [2.24, 2.45) is 0 Å². The van der Waals surface area contributed by atoms with E-state index in [0.29, 0.717) is 18.1 Å². The van der Waals surface area contributed by atoms with E-state index in [9.17, 15) is 18.0 Å². The number of hydrogen-bond acceptors (Lipinski definition) is 5. The van der Waals surface area contributed by atoms with Crippen LogP contribution in [0.2, 0.25) is 5.02 Å². The molecule has 2 aromatic rings. The molecular weight excluding hydrogens is 356 g/mol. The minimum Gasteiger partial charge on any atom is -0.368 e. The lowest BCUT2D eigenvalue weighted by Crippen LogP contribution is -2.49. The molecular formula is C14H15ClN4O4S. The van der Waals surface area contributed by atoms with Crippen molar-refractivity contribution in [1.82, 2.24) is 14.3 Å². The van der Waals surface area contributed by atoms with Crippen molar-refractivity contribution < 1.29 is 8.42 Å². The van der Waals surface area contributed by atoms with Crippen LogP contribution in [0, 0.1) is 0 Å². The first-order chi connectivity index (χ1) is 11.4. The van der Waals surface area contributed by atoms with Crippen LogP contribution in [0.15, 0.2) is 44.9 Å². The molecule has 3 rings (SSSR count). The largest absolute Gasteiger partial charge is 0.368 e. The Morgan fingerprint density at radius 2 is 1.71 bits per heavy atom. The molecule has 128 valence electrons. The van der Waals surface area contributed by atoms with Crippen molar-refractivity contribution in [3.63, 3.8) is 0 Å². The normalized spacial score (nSPS) is 16.3. The Labute approximate surface area is 142 Å². The molecule has 1 saturated heterocycles. The molecule has 0 atom stereocenters. The maximum absolute atomic E-state index is 12.6. The van der Waals surface area contributed by atoms with Crippen molar-refractivity contribution in [2.45, 2.75) is 4.90 Å². The van der Waals surface area contributed by atoms with Gasteiger partial charge >= 0.3 is 5.69 Å². The van der Waals surface area contributed by atoms with Crippen LogP contribution in [0.4, 0.5) is 5.69 Å². The van der Waals surface area contributed by atoms with Gasteiger partial charge in [-0.25, -0.2) is 13.2 Å². The third-order valence-corrected chi connectivity index (χ3v) is 6.06. The topological polar surface area (TPSA) is 106 Å².